The van der Waals surface area contributed by atoms with Gasteiger partial charge in [0.25, 0.3) is 0 Å². The molecule has 1 aliphatic rings. The number of fused-ring (bicyclic) bond motifs is 1. The van der Waals surface area contributed by atoms with E-state index in [1.807, 2.05) is 12.3 Å². The van der Waals surface area contributed by atoms with Crippen LogP contribution in [-0.4, -0.2) is 31.3 Å². The summed E-state index contributed by atoms with van der Waals surface area (Å²) in [6.45, 7) is 3.71. The van der Waals surface area contributed by atoms with Crippen LogP contribution in [0.5, 0.6) is 0 Å². The molecular weight excluding hydrogens is 224 g/mol. The summed E-state index contributed by atoms with van der Waals surface area (Å²) < 4.78 is 5.59. The molecule has 1 atom stereocenters. The molecule has 1 fully saturated rings. The second-order valence-corrected chi connectivity index (χ2v) is 4.88. The Morgan fingerprint density at radius 3 is 3.33 bits per heavy atom. The fourth-order valence-electron chi connectivity index (χ4n) is 2.48. The maximum Gasteiger partial charge on any atom is 0.0702 e. The zero-order valence-electron chi connectivity index (χ0n) is 10.4. The number of ether oxygens (including phenoxy) is 1. The van der Waals surface area contributed by atoms with Gasteiger partial charge in [-0.05, 0) is 36.1 Å². The molecule has 1 unspecified atom stereocenters. The van der Waals surface area contributed by atoms with E-state index in [2.05, 4.69) is 34.6 Å². The van der Waals surface area contributed by atoms with E-state index in [4.69, 9.17) is 4.74 Å². The van der Waals surface area contributed by atoms with Crippen molar-refractivity contribution in [2.45, 2.75) is 6.42 Å². The average Bonchev–Trinajstić information content (AvgIpc) is 2.67. The summed E-state index contributed by atoms with van der Waals surface area (Å²) >= 11 is 0. The van der Waals surface area contributed by atoms with Crippen molar-refractivity contribution in [2.24, 2.45) is 5.92 Å². The minimum atomic E-state index is 0.571. The molecule has 0 radical (unpaired) electrons. The van der Waals surface area contributed by atoms with Crippen molar-refractivity contribution in [1.29, 1.82) is 0 Å². The molecule has 3 heteroatoms. The van der Waals surface area contributed by atoms with E-state index in [0.29, 0.717) is 5.92 Å². The zero-order valence-corrected chi connectivity index (χ0v) is 10.4. The predicted octanol–water partition coefficient (Wildman–Crippen LogP) is 2.01. The Labute approximate surface area is 107 Å². The first kappa shape index (κ1) is 11.6. The van der Waals surface area contributed by atoms with Gasteiger partial charge in [-0.2, -0.15) is 0 Å². The van der Waals surface area contributed by atoms with E-state index < -0.39 is 0 Å². The van der Waals surface area contributed by atoms with Gasteiger partial charge in [0.05, 0.1) is 18.7 Å². The second-order valence-electron chi connectivity index (χ2n) is 4.88. The highest BCUT2D eigenvalue weighted by atomic mass is 16.5. The van der Waals surface area contributed by atoms with Crippen LogP contribution in [0.4, 0.5) is 0 Å². The fraction of sp³-hybridized carbons (Fsp3) is 0.400. The summed E-state index contributed by atoms with van der Waals surface area (Å²) in [6, 6.07) is 10.6. The third-order valence-corrected chi connectivity index (χ3v) is 3.40. The van der Waals surface area contributed by atoms with Gasteiger partial charge in [0.1, 0.15) is 0 Å². The van der Waals surface area contributed by atoms with E-state index in [9.17, 15) is 0 Å². The largest absolute Gasteiger partial charge is 0.380 e. The highest BCUT2D eigenvalue weighted by Crippen LogP contribution is 2.16. The maximum absolute atomic E-state index is 5.59. The summed E-state index contributed by atoms with van der Waals surface area (Å²) in [5.74, 6) is 0.571. The number of rotatable bonds is 2. The van der Waals surface area contributed by atoms with Crippen molar-refractivity contribution in [1.82, 2.24) is 10.3 Å². The molecule has 18 heavy (non-hydrogen) atoms. The van der Waals surface area contributed by atoms with Crippen LogP contribution in [0.2, 0.25) is 0 Å². The van der Waals surface area contributed by atoms with Gasteiger partial charge in [0, 0.05) is 24.7 Å². The Morgan fingerprint density at radius 2 is 2.33 bits per heavy atom. The van der Waals surface area contributed by atoms with Gasteiger partial charge in [-0.25, -0.2) is 0 Å². The highest BCUT2D eigenvalue weighted by Gasteiger charge is 2.13. The van der Waals surface area contributed by atoms with Crippen LogP contribution in [0.3, 0.4) is 0 Å². The molecule has 3 nitrogen and oxygen atoms in total. The van der Waals surface area contributed by atoms with Crippen molar-refractivity contribution >= 4 is 10.9 Å². The van der Waals surface area contributed by atoms with Gasteiger partial charge in [0.2, 0.25) is 0 Å². The van der Waals surface area contributed by atoms with Crippen LogP contribution in [0, 0.1) is 5.92 Å². The lowest BCUT2D eigenvalue weighted by molar-refractivity contribution is 0.123. The number of pyridine rings is 1. The Hall–Kier alpha value is -1.45. The van der Waals surface area contributed by atoms with Crippen LogP contribution >= 0.6 is 0 Å². The summed E-state index contributed by atoms with van der Waals surface area (Å²) in [7, 11) is 0. The SMILES string of the molecule is c1cnc2ccc(CC3CNCCOC3)cc2c1. The standard InChI is InChI=1S/C15H18N2O/c1-2-14-9-12(3-4-15(14)17-5-1)8-13-10-16-6-7-18-11-13/h1-5,9,13,16H,6-8,10-11H2. The molecule has 3 rings (SSSR count). The molecule has 1 aromatic carbocycles. The predicted molar refractivity (Wildman–Crippen MR) is 72.6 cm³/mol. The Morgan fingerprint density at radius 1 is 1.33 bits per heavy atom. The van der Waals surface area contributed by atoms with Gasteiger partial charge in [-0.1, -0.05) is 12.1 Å². The third-order valence-electron chi connectivity index (χ3n) is 3.40. The van der Waals surface area contributed by atoms with Crippen molar-refractivity contribution in [3.63, 3.8) is 0 Å². The molecular formula is C15H18N2O. The van der Waals surface area contributed by atoms with Crippen molar-refractivity contribution in [2.75, 3.05) is 26.3 Å². The lowest BCUT2D eigenvalue weighted by Crippen LogP contribution is -2.24. The number of hydrogen-bond donors (Lipinski definition) is 1. The summed E-state index contributed by atoms with van der Waals surface area (Å²) in [5, 5.41) is 4.64. The molecule has 2 heterocycles. The molecule has 0 aliphatic carbocycles. The monoisotopic (exact) mass is 242 g/mol. The molecule has 2 aromatic rings. The van der Waals surface area contributed by atoms with E-state index in [1.54, 1.807) is 0 Å². The quantitative estimate of drug-likeness (QED) is 0.874. The molecule has 0 saturated carbocycles. The Kier molecular flexibility index (Phi) is 3.53. The smallest absolute Gasteiger partial charge is 0.0702 e. The number of benzene rings is 1. The number of nitrogens with zero attached hydrogens (tertiary/aromatic N) is 1. The topological polar surface area (TPSA) is 34.2 Å². The van der Waals surface area contributed by atoms with Gasteiger partial charge in [-0.3, -0.25) is 4.98 Å². The van der Waals surface area contributed by atoms with Crippen molar-refractivity contribution < 1.29 is 4.74 Å². The van der Waals surface area contributed by atoms with Crippen LogP contribution in [0.25, 0.3) is 10.9 Å². The van der Waals surface area contributed by atoms with E-state index in [1.165, 1.54) is 10.9 Å². The minimum Gasteiger partial charge on any atom is -0.380 e. The van der Waals surface area contributed by atoms with Crippen LogP contribution < -0.4 is 5.32 Å². The minimum absolute atomic E-state index is 0.571. The molecule has 0 bridgehead atoms. The Bertz CT molecular complexity index is 519. The summed E-state index contributed by atoms with van der Waals surface area (Å²) in [4.78, 5) is 4.35. The van der Waals surface area contributed by atoms with Crippen LogP contribution in [0.1, 0.15) is 5.56 Å². The first-order valence-corrected chi connectivity index (χ1v) is 6.54. The number of aromatic nitrogens is 1. The normalized spacial score (nSPS) is 20.8. The summed E-state index contributed by atoms with van der Waals surface area (Å²) in [6.07, 6.45) is 2.91. The second kappa shape index (κ2) is 5.46. The molecule has 1 N–H and O–H groups in total. The molecule has 0 amide bonds. The third kappa shape index (κ3) is 2.68. The number of nitrogens with one attached hydrogen (secondary N) is 1. The lowest BCUT2D eigenvalue weighted by Gasteiger charge is -2.13. The van der Waals surface area contributed by atoms with Crippen molar-refractivity contribution in [3.8, 4) is 0 Å². The van der Waals surface area contributed by atoms with E-state index in [-0.39, 0.29) is 0 Å². The zero-order chi connectivity index (χ0) is 12.2. The molecule has 0 spiro atoms. The van der Waals surface area contributed by atoms with Gasteiger partial charge >= 0.3 is 0 Å². The molecule has 1 aromatic heterocycles. The van der Waals surface area contributed by atoms with Crippen LogP contribution in [0.15, 0.2) is 36.5 Å². The van der Waals surface area contributed by atoms with Gasteiger partial charge in [0.15, 0.2) is 0 Å². The first-order chi connectivity index (χ1) is 8.92. The van der Waals surface area contributed by atoms with Crippen LogP contribution in [-0.2, 0) is 11.2 Å². The summed E-state index contributed by atoms with van der Waals surface area (Å²) in [5.41, 5.74) is 2.43. The first-order valence-electron chi connectivity index (χ1n) is 6.54. The maximum atomic E-state index is 5.59. The van der Waals surface area contributed by atoms with E-state index >= 15 is 0 Å². The fourth-order valence-corrected chi connectivity index (χ4v) is 2.48. The van der Waals surface area contributed by atoms with Gasteiger partial charge in [-0.15, -0.1) is 0 Å². The van der Waals surface area contributed by atoms with Crippen molar-refractivity contribution in [3.05, 3.63) is 42.1 Å². The van der Waals surface area contributed by atoms with E-state index in [0.717, 1.165) is 38.2 Å². The van der Waals surface area contributed by atoms with Gasteiger partial charge < -0.3 is 10.1 Å². The number of hydrogen-bond acceptors (Lipinski definition) is 3. The molecule has 1 aliphatic heterocycles. The molecule has 1 saturated heterocycles. The average molecular weight is 242 g/mol. The molecule has 94 valence electrons. The Balaban J connectivity index is 1.77. The lowest BCUT2D eigenvalue weighted by atomic mass is 9.99. The highest BCUT2D eigenvalue weighted by molar-refractivity contribution is 5.78.